The van der Waals surface area contributed by atoms with Crippen LogP contribution in [0, 0.1) is 0 Å². The predicted octanol–water partition coefficient (Wildman–Crippen LogP) is 2.33. The molecular formula is C18H31N5S. The second-order valence-electron chi connectivity index (χ2n) is 7.14. The molecule has 1 aliphatic heterocycles. The second-order valence-corrected chi connectivity index (χ2v) is 8.72. The summed E-state index contributed by atoms with van der Waals surface area (Å²) in [6.45, 7) is 7.44. The molecule has 1 saturated carbocycles. The Kier molecular flexibility index (Phi) is 6.36. The molecule has 1 saturated heterocycles. The van der Waals surface area contributed by atoms with Crippen LogP contribution in [0.1, 0.15) is 31.7 Å². The lowest BCUT2D eigenvalue weighted by Gasteiger charge is -2.32. The van der Waals surface area contributed by atoms with Crippen LogP contribution >= 0.6 is 11.8 Å². The first-order valence-corrected chi connectivity index (χ1v) is 10.3. The standard InChI is InChI=1S/C18H31N5S/c1-4-24-17-6-5-16(11-17)22(3)14-15-12-19-18(20-13-15)23-9-7-21(2)8-10-23/h12-13,16-17H,4-11,14H2,1-3H3/t16-,17-/m1/s1. The molecule has 1 aromatic heterocycles. The maximum Gasteiger partial charge on any atom is 0.225 e. The molecule has 134 valence electrons. The van der Waals surface area contributed by atoms with E-state index in [-0.39, 0.29) is 0 Å². The lowest BCUT2D eigenvalue weighted by atomic mass is 10.2. The van der Waals surface area contributed by atoms with Crippen LogP contribution in [0.2, 0.25) is 0 Å². The highest BCUT2D eigenvalue weighted by atomic mass is 32.2. The number of rotatable bonds is 6. The van der Waals surface area contributed by atoms with Gasteiger partial charge >= 0.3 is 0 Å². The van der Waals surface area contributed by atoms with Gasteiger partial charge in [-0.2, -0.15) is 11.8 Å². The number of anilines is 1. The second kappa shape index (κ2) is 8.50. The SMILES string of the molecule is CCS[C@@H]1CC[C@@H](N(C)Cc2cnc(N3CCN(C)CC3)nc2)C1. The largest absolute Gasteiger partial charge is 0.338 e. The van der Waals surface area contributed by atoms with E-state index in [2.05, 4.69) is 57.4 Å². The highest BCUT2D eigenvalue weighted by molar-refractivity contribution is 7.99. The van der Waals surface area contributed by atoms with Gasteiger partial charge in [-0.05, 0) is 39.1 Å². The van der Waals surface area contributed by atoms with Gasteiger partial charge in [0.05, 0.1) is 0 Å². The van der Waals surface area contributed by atoms with Crippen molar-refractivity contribution in [3.63, 3.8) is 0 Å². The van der Waals surface area contributed by atoms with Crippen LogP contribution in [0.5, 0.6) is 0 Å². The highest BCUT2D eigenvalue weighted by Gasteiger charge is 2.27. The number of piperazine rings is 1. The van der Waals surface area contributed by atoms with Crippen molar-refractivity contribution >= 4 is 17.7 Å². The Balaban J connectivity index is 1.51. The van der Waals surface area contributed by atoms with Crippen LogP contribution in [-0.4, -0.2) is 77.1 Å². The zero-order valence-corrected chi connectivity index (χ0v) is 16.1. The zero-order valence-electron chi connectivity index (χ0n) is 15.3. The third-order valence-electron chi connectivity index (χ3n) is 5.29. The van der Waals surface area contributed by atoms with Crippen molar-refractivity contribution in [2.75, 3.05) is 50.9 Å². The van der Waals surface area contributed by atoms with Crippen molar-refractivity contribution in [3.8, 4) is 0 Å². The average molecular weight is 350 g/mol. The van der Waals surface area contributed by atoms with Crippen LogP contribution in [0.3, 0.4) is 0 Å². The average Bonchev–Trinajstić information content (AvgIpc) is 3.06. The molecule has 2 aliphatic rings. The van der Waals surface area contributed by atoms with Crippen molar-refractivity contribution in [1.29, 1.82) is 0 Å². The first-order valence-electron chi connectivity index (χ1n) is 9.22. The summed E-state index contributed by atoms with van der Waals surface area (Å²) in [4.78, 5) is 16.4. The quantitative estimate of drug-likeness (QED) is 0.784. The van der Waals surface area contributed by atoms with Gasteiger partial charge in [-0.3, -0.25) is 4.90 Å². The summed E-state index contributed by atoms with van der Waals surface area (Å²) in [6, 6.07) is 0.714. The van der Waals surface area contributed by atoms with Crippen molar-refractivity contribution in [3.05, 3.63) is 18.0 Å². The molecule has 0 unspecified atom stereocenters. The Bertz CT molecular complexity index is 501. The minimum Gasteiger partial charge on any atom is -0.338 e. The van der Waals surface area contributed by atoms with Crippen LogP contribution in [0.25, 0.3) is 0 Å². The fraction of sp³-hybridized carbons (Fsp3) is 0.778. The van der Waals surface area contributed by atoms with Gasteiger partial charge in [-0.25, -0.2) is 9.97 Å². The molecule has 0 N–H and O–H groups in total. The van der Waals surface area contributed by atoms with E-state index >= 15 is 0 Å². The zero-order chi connectivity index (χ0) is 16.9. The summed E-state index contributed by atoms with van der Waals surface area (Å²) in [5, 5.41) is 0.860. The molecule has 24 heavy (non-hydrogen) atoms. The molecule has 0 spiro atoms. The number of likely N-dealkylation sites (N-methyl/N-ethyl adjacent to an activating group) is 1. The first-order chi connectivity index (χ1) is 11.7. The molecule has 5 nitrogen and oxygen atoms in total. The monoisotopic (exact) mass is 349 g/mol. The van der Waals surface area contributed by atoms with Gasteiger partial charge in [-0.15, -0.1) is 0 Å². The lowest BCUT2D eigenvalue weighted by Crippen LogP contribution is -2.45. The van der Waals surface area contributed by atoms with Gasteiger partial charge in [0.1, 0.15) is 0 Å². The Labute approximate surface area is 150 Å². The Morgan fingerprint density at radius 1 is 1.17 bits per heavy atom. The van der Waals surface area contributed by atoms with Crippen LogP contribution < -0.4 is 4.90 Å². The minimum absolute atomic E-state index is 0.714. The van der Waals surface area contributed by atoms with E-state index in [4.69, 9.17) is 0 Å². The smallest absolute Gasteiger partial charge is 0.225 e. The molecule has 6 heteroatoms. The summed E-state index contributed by atoms with van der Waals surface area (Å²) in [5.74, 6) is 2.12. The lowest BCUT2D eigenvalue weighted by molar-refractivity contribution is 0.237. The summed E-state index contributed by atoms with van der Waals surface area (Å²) >= 11 is 2.12. The molecule has 3 rings (SSSR count). The molecule has 2 heterocycles. The van der Waals surface area contributed by atoms with Gasteiger partial charge in [-0.1, -0.05) is 6.92 Å². The van der Waals surface area contributed by atoms with Crippen LogP contribution in [0.15, 0.2) is 12.4 Å². The molecule has 0 amide bonds. The van der Waals surface area contributed by atoms with Gasteiger partial charge in [0, 0.05) is 62.0 Å². The van der Waals surface area contributed by atoms with E-state index in [1.165, 1.54) is 30.6 Å². The van der Waals surface area contributed by atoms with Crippen molar-refractivity contribution in [2.24, 2.45) is 0 Å². The number of hydrogen-bond acceptors (Lipinski definition) is 6. The molecule has 1 aromatic rings. The fourth-order valence-electron chi connectivity index (χ4n) is 3.72. The maximum atomic E-state index is 4.62. The molecule has 0 bridgehead atoms. The van der Waals surface area contributed by atoms with E-state index < -0.39 is 0 Å². The summed E-state index contributed by atoms with van der Waals surface area (Å²) in [5.41, 5.74) is 1.22. The van der Waals surface area contributed by atoms with Gasteiger partial charge in [0.25, 0.3) is 0 Å². The normalized spacial score (nSPS) is 25.6. The van der Waals surface area contributed by atoms with Crippen molar-refractivity contribution < 1.29 is 0 Å². The number of hydrogen-bond donors (Lipinski definition) is 0. The van der Waals surface area contributed by atoms with E-state index in [0.717, 1.165) is 43.9 Å². The third-order valence-corrected chi connectivity index (χ3v) is 6.53. The molecule has 0 aromatic carbocycles. The number of nitrogens with zero attached hydrogens (tertiary/aromatic N) is 5. The first kappa shape index (κ1) is 18.0. The van der Waals surface area contributed by atoms with Gasteiger partial charge in [0.2, 0.25) is 5.95 Å². The van der Waals surface area contributed by atoms with E-state index in [1.54, 1.807) is 0 Å². The van der Waals surface area contributed by atoms with E-state index in [0.29, 0.717) is 6.04 Å². The highest BCUT2D eigenvalue weighted by Crippen LogP contribution is 2.32. The Morgan fingerprint density at radius 2 is 1.88 bits per heavy atom. The molecule has 2 atom stereocenters. The predicted molar refractivity (Wildman–Crippen MR) is 103 cm³/mol. The third kappa shape index (κ3) is 4.61. The van der Waals surface area contributed by atoms with Gasteiger partial charge < -0.3 is 9.80 Å². The topological polar surface area (TPSA) is 35.5 Å². The van der Waals surface area contributed by atoms with Crippen LogP contribution in [0.4, 0.5) is 5.95 Å². The Hall–Kier alpha value is -0.850. The molecule has 0 radical (unpaired) electrons. The summed E-state index contributed by atoms with van der Waals surface area (Å²) in [6.07, 6.45) is 8.06. The maximum absolute atomic E-state index is 4.62. The van der Waals surface area contributed by atoms with E-state index in [1.807, 2.05) is 12.4 Å². The van der Waals surface area contributed by atoms with Gasteiger partial charge in [0.15, 0.2) is 0 Å². The van der Waals surface area contributed by atoms with Crippen molar-refractivity contribution in [1.82, 2.24) is 19.8 Å². The summed E-state index contributed by atoms with van der Waals surface area (Å²) < 4.78 is 0. The molecular weight excluding hydrogens is 318 g/mol. The molecule has 2 fully saturated rings. The van der Waals surface area contributed by atoms with Crippen LogP contribution in [-0.2, 0) is 6.54 Å². The fourth-order valence-corrected chi connectivity index (χ4v) is 4.85. The number of aromatic nitrogens is 2. The number of thioether (sulfide) groups is 1. The molecule has 1 aliphatic carbocycles. The van der Waals surface area contributed by atoms with E-state index in [9.17, 15) is 0 Å². The van der Waals surface area contributed by atoms with Crippen molar-refractivity contribution in [2.45, 2.75) is 44.0 Å². The minimum atomic E-state index is 0.714. The summed E-state index contributed by atoms with van der Waals surface area (Å²) in [7, 11) is 4.42. The Morgan fingerprint density at radius 3 is 2.54 bits per heavy atom.